The van der Waals surface area contributed by atoms with E-state index in [9.17, 15) is 9.59 Å². The van der Waals surface area contributed by atoms with E-state index < -0.39 is 5.92 Å². The molecule has 0 saturated carbocycles. The topological polar surface area (TPSA) is 62.3 Å². The summed E-state index contributed by atoms with van der Waals surface area (Å²) in [6.45, 7) is 5.92. The lowest BCUT2D eigenvalue weighted by atomic mass is 9.92. The molecule has 24 heavy (non-hydrogen) atoms. The highest BCUT2D eigenvalue weighted by molar-refractivity contribution is 7.15. The molecule has 2 amide bonds. The molecule has 1 aromatic heterocycles. The van der Waals surface area contributed by atoms with Gasteiger partial charge in [-0.2, -0.15) is 0 Å². The number of hydrogen-bond donors (Lipinski definition) is 1. The number of anilines is 1. The fourth-order valence-corrected chi connectivity index (χ4v) is 3.87. The van der Waals surface area contributed by atoms with E-state index in [1.807, 2.05) is 45.0 Å². The lowest BCUT2D eigenvalue weighted by molar-refractivity contribution is -0.127. The lowest BCUT2D eigenvalue weighted by Crippen LogP contribution is -2.30. The second kappa shape index (κ2) is 6.36. The molecule has 0 bridgehead atoms. The molecule has 0 radical (unpaired) electrons. The predicted octanol–water partition coefficient (Wildman–Crippen LogP) is 3.23. The van der Waals surface area contributed by atoms with Gasteiger partial charge in [0.25, 0.3) is 0 Å². The molecule has 1 aliphatic heterocycles. The van der Waals surface area contributed by atoms with Crippen molar-refractivity contribution < 1.29 is 9.59 Å². The zero-order valence-corrected chi connectivity index (χ0v) is 15.1. The van der Waals surface area contributed by atoms with E-state index in [4.69, 9.17) is 0 Å². The molecular weight excluding hydrogens is 322 g/mol. The Morgan fingerprint density at radius 1 is 1.25 bits per heavy atom. The number of aromatic nitrogens is 1. The summed E-state index contributed by atoms with van der Waals surface area (Å²) in [4.78, 5) is 32.1. The van der Waals surface area contributed by atoms with Gasteiger partial charge in [-0.3, -0.25) is 9.59 Å². The maximum absolute atomic E-state index is 12.8. The first-order chi connectivity index (χ1) is 11.4. The van der Waals surface area contributed by atoms with Gasteiger partial charge in [-0.25, -0.2) is 4.98 Å². The van der Waals surface area contributed by atoms with Crippen LogP contribution in [0.5, 0.6) is 0 Å². The van der Waals surface area contributed by atoms with Crippen molar-refractivity contribution in [2.45, 2.75) is 33.2 Å². The van der Waals surface area contributed by atoms with Crippen molar-refractivity contribution in [1.29, 1.82) is 0 Å². The van der Waals surface area contributed by atoms with Crippen LogP contribution >= 0.6 is 11.3 Å². The van der Waals surface area contributed by atoms with Crippen molar-refractivity contribution >= 4 is 28.3 Å². The van der Waals surface area contributed by atoms with E-state index in [1.165, 1.54) is 11.3 Å². The number of thiazole rings is 1. The van der Waals surface area contributed by atoms with Gasteiger partial charge in [-0.05, 0) is 26.3 Å². The maximum atomic E-state index is 12.8. The standard InChI is InChI=1S/C18H21N3O2S/c1-10-5-7-13(8-6-10)16-14(9-15(22)21(16)4)17(23)20-18-19-11(2)12(3)24-18/h5-8,14,16H,9H2,1-4H3,(H,19,20,23)/t14-,16+/m0/s1. The predicted molar refractivity (Wildman–Crippen MR) is 95.0 cm³/mol. The molecule has 1 N–H and O–H groups in total. The van der Waals surface area contributed by atoms with E-state index in [0.717, 1.165) is 21.7 Å². The summed E-state index contributed by atoms with van der Waals surface area (Å²) in [7, 11) is 1.76. The molecule has 2 heterocycles. The Hall–Kier alpha value is -2.21. The van der Waals surface area contributed by atoms with E-state index in [1.54, 1.807) is 11.9 Å². The molecular formula is C18H21N3O2S. The number of carbonyl (C=O) groups is 2. The van der Waals surface area contributed by atoms with Gasteiger partial charge >= 0.3 is 0 Å². The highest BCUT2D eigenvalue weighted by Crippen LogP contribution is 2.38. The van der Waals surface area contributed by atoms with E-state index >= 15 is 0 Å². The third-order valence-electron chi connectivity index (χ3n) is 4.60. The largest absolute Gasteiger partial charge is 0.338 e. The van der Waals surface area contributed by atoms with Crippen LogP contribution in [0.2, 0.25) is 0 Å². The smallest absolute Gasteiger partial charge is 0.232 e. The fraction of sp³-hybridized carbons (Fsp3) is 0.389. The van der Waals surface area contributed by atoms with Crippen LogP contribution in [0.4, 0.5) is 5.13 Å². The third kappa shape index (κ3) is 3.06. The normalized spacial score (nSPS) is 20.5. The molecule has 126 valence electrons. The molecule has 0 unspecified atom stereocenters. The molecule has 5 nitrogen and oxygen atoms in total. The Balaban J connectivity index is 1.85. The second-order valence-electron chi connectivity index (χ2n) is 6.32. The quantitative estimate of drug-likeness (QED) is 0.931. The first-order valence-electron chi connectivity index (χ1n) is 7.94. The summed E-state index contributed by atoms with van der Waals surface area (Å²) in [6, 6.07) is 7.77. The molecule has 1 fully saturated rings. The highest BCUT2D eigenvalue weighted by atomic mass is 32.1. The minimum Gasteiger partial charge on any atom is -0.338 e. The summed E-state index contributed by atoms with van der Waals surface area (Å²) in [6.07, 6.45) is 0.226. The Morgan fingerprint density at radius 2 is 1.92 bits per heavy atom. The monoisotopic (exact) mass is 343 g/mol. The van der Waals surface area contributed by atoms with Crippen molar-refractivity contribution in [2.75, 3.05) is 12.4 Å². The average Bonchev–Trinajstić information content (AvgIpc) is 3.00. The molecule has 3 rings (SSSR count). The number of nitrogens with zero attached hydrogens (tertiary/aromatic N) is 2. The Kier molecular flexibility index (Phi) is 4.41. The Bertz CT molecular complexity index is 763. The van der Waals surface area contributed by atoms with Gasteiger partial charge in [0.1, 0.15) is 0 Å². The molecule has 1 saturated heterocycles. The highest BCUT2D eigenvalue weighted by Gasteiger charge is 2.42. The van der Waals surface area contributed by atoms with Gasteiger partial charge in [0, 0.05) is 18.3 Å². The van der Waals surface area contributed by atoms with E-state index in [-0.39, 0.29) is 24.3 Å². The van der Waals surface area contributed by atoms with Gasteiger partial charge < -0.3 is 10.2 Å². The summed E-state index contributed by atoms with van der Waals surface area (Å²) in [5.74, 6) is -0.561. The molecule has 2 aromatic rings. The van der Waals surface area contributed by atoms with Crippen molar-refractivity contribution in [3.05, 3.63) is 46.0 Å². The number of aryl methyl sites for hydroxylation is 3. The second-order valence-corrected chi connectivity index (χ2v) is 7.52. The number of hydrogen-bond acceptors (Lipinski definition) is 4. The number of carbonyl (C=O) groups excluding carboxylic acids is 2. The van der Waals surface area contributed by atoms with Crippen LogP contribution in [-0.4, -0.2) is 28.7 Å². The van der Waals surface area contributed by atoms with Crippen LogP contribution < -0.4 is 5.32 Å². The summed E-state index contributed by atoms with van der Waals surface area (Å²) >= 11 is 1.46. The van der Waals surface area contributed by atoms with Crippen LogP contribution in [0, 0.1) is 26.7 Å². The van der Waals surface area contributed by atoms with Crippen LogP contribution in [0.1, 0.15) is 34.2 Å². The fourth-order valence-electron chi connectivity index (χ4n) is 3.05. The number of likely N-dealkylation sites (tertiary alicyclic amines) is 1. The van der Waals surface area contributed by atoms with Gasteiger partial charge in [0.15, 0.2) is 5.13 Å². The zero-order valence-electron chi connectivity index (χ0n) is 14.3. The summed E-state index contributed by atoms with van der Waals surface area (Å²) in [5.41, 5.74) is 3.06. The number of nitrogens with one attached hydrogen (secondary N) is 1. The van der Waals surface area contributed by atoms with E-state index in [2.05, 4.69) is 10.3 Å². The van der Waals surface area contributed by atoms with Crippen molar-refractivity contribution in [1.82, 2.24) is 9.88 Å². The number of amides is 2. The first-order valence-corrected chi connectivity index (χ1v) is 8.75. The van der Waals surface area contributed by atoms with Crippen molar-refractivity contribution in [3.63, 3.8) is 0 Å². The summed E-state index contributed by atoms with van der Waals surface area (Å²) in [5, 5.41) is 3.48. The number of rotatable bonds is 3. The summed E-state index contributed by atoms with van der Waals surface area (Å²) < 4.78 is 0. The van der Waals surface area contributed by atoms with Crippen molar-refractivity contribution in [3.8, 4) is 0 Å². The Labute approximate surface area is 145 Å². The molecule has 0 aliphatic carbocycles. The molecule has 6 heteroatoms. The van der Waals surface area contributed by atoms with Gasteiger partial charge in [0.05, 0.1) is 17.7 Å². The molecule has 2 atom stereocenters. The van der Waals surface area contributed by atoms with Crippen LogP contribution in [-0.2, 0) is 9.59 Å². The molecule has 1 aliphatic rings. The van der Waals surface area contributed by atoms with Gasteiger partial charge in [-0.1, -0.05) is 29.8 Å². The minimum absolute atomic E-state index is 0.00720. The van der Waals surface area contributed by atoms with Gasteiger partial charge in [-0.15, -0.1) is 11.3 Å². The van der Waals surface area contributed by atoms with Gasteiger partial charge in [0.2, 0.25) is 11.8 Å². The molecule has 0 spiro atoms. The van der Waals surface area contributed by atoms with Crippen LogP contribution in [0.15, 0.2) is 24.3 Å². The average molecular weight is 343 g/mol. The maximum Gasteiger partial charge on any atom is 0.232 e. The van der Waals surface area contributed by atoms with Crippen molar-refractivity contribution in [2.24, 2.45) is 5.92 Å². The number of benzene rings is 1. The Morgan fingerprint density at radius 3 is 2.50 bits per heavy atom. The van der Waals surface area contributed by atoms with Crippen LogP contribution in [0.3, 0.4) is 0 Å². The SMILES string of the molecule is Cc1ccc([C@@H]2[C@@H](C(=O)Nc3nc(C)c(C)s3)CC(=O)N2C)cc1. The van der Waals surface area contributed by atoms with Crippen LogP contribution in [0.25, 0.3) is 0 Å². The first kappa shape index (κ1) is 16.6. The third-order valence-corrected chi connectivity index (χ3v) is 5.59. The lowest BCUT2D eigenvalue weighted by Gasteiger charge is -2.24. The molecule has 1 aromatic carbocycles. The van der Waals surface area contributed by atoms with E-state index in [0.29, 0.717) is 5.13 Å². The zero-order chi connectivity index (χ0) is 17.4. The minimum atomic E-state index is -0.408.